The molecule has 1 aliphatic rings. The number of nitrogens with zero attached hydrogens (tertiary/aromatic N) is 1. The van der Waals surface area contributed by atoms with E-state index >= 15 is 0 Å². The highest BCUT2D eigenvalue weighted by molar-refractivity contribution is 5.82. The predicted octanol–water partition coefficient (Wildman–Crippen LogP) is 3.50. The first kappa shape index (κ1) is 7.98. The minimum Gasteiger partial charge on any atom is -0.256 e. The van der Waals surface area contributed by atoms with Crippen molar-refractivity contribution >= 4 is 10.9 Å². The van der Waals surface area contributed by atoms with E-state index in [0.29, 0.717) is 0 Å². The van der Waals surface area contributed by atoms with E-state index in [1.54, 1.807) is 0 Å². The van der Waals surface area contributed by atoms with E-state index in [1.165, 1.54) is 35.7 Å². The highest BCUT2D eigenvalue weighted by atomic mass is 14.7. The highest BCUT2D eigenvalue weighted by Crippen LogP contribution is 2.38. The van der Waals surface area contributed by atoms with E-state index in [9.17, 15) is 0 Å². The number of fused-ring (bicyclic) bond motifs is 1. The van der Waals surface area contributed by atoms with E-state index in [-0.39, 0.29) is 0 Å². The molecule has 0 aliphatic heterocycles. The molecule has 3 rings (SSSR count). The Balaban J connectivity index is 2.22. The first-order valence-electron chi connectivity index (χ1n) is 5.29. The molecule has 1 aromatic heterocycles. The second-order valence-corrected chi connectivity index (χ2v) is 4.05. The smallest absolute Gasteiger partial charge is 0.0736 e. The molecular formula is C13H13N. The summed E-state index contributed by atoms with van der Waals surface area (Å²) in [5, 5.41) is 1.27. The van der Waals surface area contributed by atoms with Gasteiger partial charge in [-0.15, -0.1) is 0 Å². The average molecular weight is 183 g/mol. The molecule has 0 saturated heterocycles. The zero-order valence-electron chi connectivity index (χ0n) is 8.11. The van der Waals surface area contributed by atoms with Crippen molar-refractivity contribution < 1.29 is 0 Å². The minimum absolute atomic E-state index is 0.772. The fourth-order valence-corrected chi connectivity index (χ4v) is 2.18. The Kier molecular flexibility index (Phi) is 1.76. The van der Waals surface area contributed by atoms with Crippen LogP contribution in [-0.2, 0) is 0 Å². The molecule has 0 N–H and O–H groups in total. The van der Waals surface area contributed by atoms with Crippen molar-refractivity contribution in [2.24, 2.45) is 0 Å². The molecule has 0 radical (unpaired) electrons. The van der Waals surface area contributed by atoms with Crippen molar-refractivity contribution in [3.63, 3.8) is 0 Å². The molecule has 0 amide bonds. The van der Waals surface area contributed by atoms with E-state index < -0.39 is 0 Å². The van der Waals surface area contributed by atoms with Gasteiger partial charge in [-0.25, -0.2) is 0 Å². The molecule has 1 aromatic carbocycles. The van der Waals surface area contributed by atoms with Gasteiger partial charge in [-0.05, 0) is 30.4 Å². The first-order chi connectivity index (χ1) is 6.95. The topological polar surface area (TPSA) is 12.9 Å². The number of para-hydroxylation sites is 1. The zero-order chi connectivity index (χ0) is 9.38. The third-order valence-corrected chi connectivity index (χ3v) is 3.21. The molecule has 0 unspecified atom stereocenters. The third kappa shape index (κ3) is 1.12. The van der Waals surface area contributed by atoms with Gasteiger partial charge in [-0.3, -0.25) is 4.98 Å². The predicted molar refractivity (Wildman–Crippen MR) is 58.3 cm³/mol. The lowest BCUT2D eigenvalue weighted by Gasteiger charge is -2.26. The number of benzene rings is 1. The molecular weight excluding hydrogens is 170 g/mol. The Labute approximate surface area is 83.8 Å². The van der Waals surface area contributed by atoms with Gasteiger partial charge in [0.1, 0.15) is 0 Å². The Morgan fingerprint density at radius 1 is 1.07 bits per heavy atom. The summed E-state index contributed by atoms with van der Waals surface area (Å²) in [6.07, 6.45) is 5.96. The molecule has 1 nitrogen and oxygen atoms in total. The van der Waals surface area contributed by atoms with Gasteiger partial charge in [0, 0.05) is 11.6 Å². The SMILES string of the molecule is c1cnc2c(C3CCC3)cccc2c1. The van der Waals surface area contributed by atoms with Gasteiger partial charge in [-0.1, -0.05) is 30.7 Å². The van der Waals surface area contributed by atoms with Crippen molar-refractivity contribution in [1.29, 1.82) is 0 Å². The summed E-state index contributed by atoms with van der Waals surface area (Å²) >= 11 is 0. The molecule has 0 atom stereocenters. The highest BCUT2D eigenvalue weighted by Gasteiger charge is 2.21. The Hall–Kier alpha value is -1.37. The maximum Gasteiger partial charge on any atom is 0.0736 e. The lowest BCUT2D eigenvalue weighted by molar-refractivity contribution is 0.422. The van der Waals surface area contributed by atoms with E-state index in [1.807, 2.05) is 12.3 Å². The lowest BCUT2D eigenvalue weighted by Crippen LogP contribution is -2.09. The van der Waals surface area contributed by atoms with Crippen molar-refractivity contribution in [2.45, 2.75) is 25.2 Å². The molecule has 14 heavy (non-hydrogen) atoms. The van der Waals surface area contributed by atoms with Gasteiger partial charge in [0.05, 0.1) is 5.52 Å². The van der Waals surface area contributed by atoms with E-state index in [4.69, 9.17) is 0 Å². The van der Waals surface area contributed by atoms with Crippen LogP contribution in [0.5, 0.6) is 0 Å². The van der Waals surface area contributed by atoms with Crippen molar-refractivity contribution in [2.75, 3.05) is 0 Å². The van der Waals surface area contributed by atoms with Crippen LogP contribution >= 0.6 is 0 Å². The number of aromatic nitrogens is 1. The van der Waals surface area contributed by atoms with Crippen LogP contribution in [0.3, 0.4) is 0 Å². The number of hydrogen-bond donors (Lipinski definition) is 0. The van der Waals surface area contributed by atoms with Crippen LogP contribution in [0.25, 0.3) is 10.9 Å². The van der Waals surface area contributed by atoms with Gasteiger partial charge in [-0.2, -0.15) is 0 Å². The number of rotatable bonds is 1. The molecule has 1 aliphatic carbocycles. The van der Waals surface area contributed by atoms with Crippen LogP contribution in [0, 0.1) is 0 Å². The molecule has 1 heteroatoms. The average Bonchev–Trinajstić information content (AvgIpc) is 2.16. The molecule has 2 aromatic rings. The van der Waals surface area contributed by atoms with Gasteiger partial charge >= 0.3 is 0 Å². The molecule has 0 spiro atoms. The second kappa shape index (κ2) is 3.09. The van der Waals surface area contributed by atoms with Crippen molar-refractivity contribution in [1.82, 2.24) is 4.98 Å². The third-order valence-electron chi connectivity index (χ3n) is 3.21. The van der Waals surface area contributed by atoms with E-state index in [2.05, 4.69) is 29.2 Å². The van der Waals surface area contributed by atoms with Crippen LogP contribution in [-0.4, -0.2) is 4.98 Å². The van der Waals surface area contributed by atoms with E-state index in [0.717, 1.165) is 5.92 Å². The van der Waals surface area contributed by atoms with Crippen LogP contribution in [0.2, 0.25) is 0 Å². The largest absolute Gasteiger partial charge is 0.256 e. The maximum atomic E-state index is 4.48. The Morgan fingerprint density at radius 2 is 1.93 bits per heavy atom. The number of hydrogen-bond acceptors (Lipinski definition) is 1. The van der Waals surface area contributed by atoms with Crippen LogP contribution in [0.4, 0.5) is 0 Å². The maximum absolute atomic E-state index is 4.48. The fourth-order valence-electron chi connectivity index (χ4n) is 2.18. The van der Waals surface area contributed by atoms with Crippen LogP contribution in [0.1, 0.15) is 30.7 Å². The molecule has 0 bridgehead atoms. The summed E-state index contributed by atoms with van der Waals surface area (Å²) in [5.41, 5.74) is 2.66. The van der Waals surface area contributed by atoms with Crippen LogP contribution < -0.4 is 0 Å². The lowest BCUT2D eigenvalue weighted by atomic mass is 9.79. The Morgan fingerprint density at radius 3 is 2.71 bits per heavy atom. The quantitative estimate of drug-likeness (QED) is 0.659. The summed E-state index contributed by atoms with van der Waals surface area (Å²) < 4.78 is 0. The molecule has 1 heterocycles. The standard InChI is InChI=1S/C13H13N/c1-4-10(5-1)12-8-2-6-11-7-3-9-14-13(11)12/h2-3,6-10H,1,4-5H2. The monoisotopic (exact) mass is 183 g/mol. The van der Waals surface area contributed by atoms with Gasteiger partial charge in [0.25, 0.3) is 0 Å². The summed E-state index contributed by atoms with van der Waals surface area (Å²) in [6, 6.07) is 10.7. The van der Waals surface area contributed by atoms with Crippen molar-refractivity contribution in [3.05, 3.63) is 42.1 Å². The van der Waals surface area contributed by atoms with Gasteiger partial charge < -0.3 is 0 Å². The Bertz CT molecular complexity index is 452. The molecule has 1 fully saturated rings. The molecule has 1 saturated carbocycles. The zero-order valence-corrected chi connectivity index (χ0v) is 8.11. The fraction of sp³-hybridized carbons (Fsp3) is 0.308. The second-order valence-electron chi connectivity index (χ2n) is 4.05. The first-order valence-corrected chi connectivity index (χ1v) is 5.29. The minimum atomic E-state index is 0.772. The van der Waals surface area contributed by atoms with Crippen LogP contribution in [0.15, 0.2) is 36.5 Å². The van der Waals surface area contributed by atoms with Gasteiger partial charge in [0.15, 0.2) is 0 Å². The summed E-state index contributed by atoms with van der Waals surface area (Å²) in [5.74, 6) is 0.772. The van der Waals surface area contributed by atoms with Gasteiger partial charge in [0.2, 0.25) is 0 Å². The number of pyridine rings is 1. The summed E-state index contributed by atoms with van der Waals surface area (Å²) in [7, 11) is 0. The van der Waals surface area contributed by atoms with Crippen molar-refractivity contribution in [3.8, 4) is 0 Å². The summed E-state index contributed by atoms with van der Waals surface area (Å²) in [6.45, 7) is 0. The molecule has 70 valence electrons. The summed E-state index contributed by atoms with van der Waals surface area (Å²) in [4.78, 5) is 4.48. The normalized spacial score (nSPS) is 16.9.